The van der Waals surface area contributed by atoms with Crippen LogP contribution in [0.4, 0.5) is 4.39 Å². The molecule has 0 aromatic heterocycles. The number of halogens is 1. The fourth-order valence-corrected chi connectivity index (χ4v) is 1.56. The Hall–Kier alpha value is -1.69. The van der Waals surface area contributed by atoms with E-state index in [0.29, 0.717) is 18.4 Å². The largest absolute Gasteiger partial charge is 0.298 e. The van der Waals surface area contributed by atoms with E-state index in [0.717, 1.165) is 0 Å². The Balaban J connectivity index is 2.14. The molecule has 0 aliphatic heterocycles. The standard InChI is InChI=1S/C12H10FNO/c13-10-4-2-1-3-9(10)7-11(15)12(8-14)5-6-12/h1-4H,5-7H2. The second-order valence-corrected chi connectivity index (χ2v) is 3.89. The number of rotatable bonds is 3. The third-order valence-corrected chi connectivity index (χ3v) is 2.81. The number of hydrogen-bond donors (Lipinski definition) is 0. The number of nitriles is 1. The van der Waals surface area contributed by atoms with E-state index in [4.69, 9.17) is 5.26 Å². The molecule has 76 valence electrons. The van der Waals surface area contributed by atoms with Crippen molar-refractivity contribution in [3.63, 3.8) is 0 Å². The van der Waals surface area contributed by atoms with Crippen LogP contribution in [-0.2, 0) is 11.2 Å². The molecule has 1 fully saturated rings. The van der Waals surface area contributed by atoms with Gasteiger partial charge >= 0.3 is 0 Å². The normalized spacial score (nSPS) is 16.8. The summed E-state index contributed by atoms with van der Waals surface area (Å²) in [5.41, 5.74) is -0.425. The van der Waals surface area contributed by atoms with E-state index in [9.17, 15) is 9.18 Å². The number of benzene rings is 1. The summed E-state index contributed by atoms with van der Waals surface area (Å²) < 4.78 is 13.2. The van der Waals surface area contributed by atoms with Crippen LogP contribution in [0.1, 0.15) is 18.4 Å². The minimum absolute atomic E-state index is 0.0280. The molecule has 0 heterocycles. The molecule has 2 nitrogen and oxygen atoms in total. The first-order valence-corrected chi connectivity index (χ1v) is 4.86. The molecule has 0 atom stereocenters. The molecule has 1 aliphatic rings. The molecule has 3 heteroatoms. The molecular weight excluding hydrogens is 193 g/mol. The monoisotopic (exact) mass is 203 g/mol. The first-order chi connectivity index (χ1) is 7.18. The van der Waals surface area contributed by atoms with Gasteiger partial charge < -0.3 is 0 Å². The van der Waals surface area contributed by atoms with Gasteiger partial charge in [-0.2, -0.15) is 5.26 Å². The predicted octanol–water partition coefficient (Wildman–Crippen LogP) is 2.24. The Morgan fingerprint density at radius 2 is 2.13 bits per heavy atom. The summed E-state index contributed by atoms with van der Waals surface area (Å²) in [6.07, 6.45) is 1.27. The van der Waals surface area contributed by atoms with Gasteiger partial charge in [-0.15, -0.1) is 0 Å². The average Bonchev–Trinajstić information content (AvgIpc) is 3.02. The van der Waals surface area contributed by atoms with Crippen LogP contribution in [-0.4, -0.2) is 5.78 Å². The smallest absolute Gasteiger partial charge is 0.157 e. The second-order valence-electron chi connectivity index (χ2n) is 3.89. The molecule has 0 radical (unpaired) electrons. The summed E-state index contributed by atoms with van der Waals surface area (Å²) >= 11 is 0. The van der Waals surface area contributed by atoms with Gasteiger partial charge in [-0.3, -0.25) is 4.79 Å². The molecule has 1 saturated carbocycles. The summed E-state index contributed by atoms with van der Waals surface area (Å²) in [6, 6.07) is 8.21. The topological polar surface area (TPSA) is 40.9 Å². The Morgan fingerprint density at radius 1 is 1.47 bits per heavy atom. The second kappa shape index (κ2) is 3.47. The third kappa shape index (κ3) is 1.75. The minimum Gasteiger partial charge on any atom is -0.298 e. The highest BCUT2D eigenvalue weighted by molar-refractivity contribution is 5.91. The van der Waals surface area contributed by atoms with Crippen molar-refractivity contribution in [2.45, 2.75) is 19.3 Å². The minimum atomic E-state index is -0.803. The van der Waals surface area contributed by atoms with Crippen molar-refractivity contribution in [2.75, 3.05) is 0 Å². The Bertz CT molecular complexity index is 443. The molecule has 15 heavy (non-hydrogen) atoms. The number of hydrogen-bond acceptors (Lipinski definition) is 2. The maximum atomic E-state index is 13.2. The lowest BCUT2D eigenvalue weighted by Gasteiger charge is -2.05. The van der Waals surface area contributed by atoms with Crippen LogP contribution in [0, 0.1) is 22.6 Å². The van der Waals surface area contributed by atoms with E-state index in [1.165, 1.54) is 6.07 Å². The Kier molecular flexibility index (Phi) is 2.28. The van der Waals surface area contributed by atoms with Gasteiger partial charge in [0.2, 0.25) is 0 Å². The zero-order valence-electron chi connectivity index (χ0n) is 8.16. The molecule has 0 spiro atoms. The lowest BCUT2D eigenvalue weighted by molar-refractivity contribution is -0.121. The van der Waals surface area contributed by atoms with Crippen LogP contribution in [0.5, 0.6) is 0 Å². The quantitative estimate of drug-likeness (QED) is 0.755. The molecule has 0 unspecified atom stereocenters. The van der Waals surface area contributed by atoms with Crippen LogP contribution in [0.3, 0.4) is 0 Å². The zero-order valence-corrected chi connectivity index (χ0v) is 8.16. The van der Waals surface area contributed by atoms with Crippen molar-refractivity contribution in [1.29, 1.82) is 5.26 Å². The Morgan fingerprint density at radius 3 is 2.67 bits per heavy atom. The van der Waals surface area contributed by atoms with Gasteiger partial charge in [0.15, 0.2) is 5.78 Å². The molecule has 0 N–H and O–H groups in total. The van der Waals surface area contributed by atoms with Gasteiger partial charge in [-0.05, 0) is 24.5 Å². The number of carbonyl (C=O) groups excluding carboxylic acids is 1. The van der Waals surface area contributed by atoms with Crippen LogP contribution in [0.25, 0.3) is 0 Å². The van der Waals surface area contributed by atoms with Gasteiger partial charge in [0.25, 0.3) is 0 Å². The van der Waals surface area contributed by atoms with E-state index >= 15 is 0 Å². The van der Waals surface area contributed by atoms with E-state index in [1.807, 2.05) is 6.07 Å². The van der Waals surface area contributed by atoms with E-state index in [-0.39, 0.29) is 18.0 Å². The molecule has 0 saturated heterocycles. The molecule has 1 aliphatic carbocycles. The SMILES string of the molecule is N#CC1(C(=O)Cc2ccccc2F)CC1. The van der Waals surface area contributed by atoms with Crippen LogP contribution in [0.15, 0.2) is 24.3 Å². The van der Waals surface area contributed by atoms with Crippen molar-refractivity contribution >= 4 is 5.78 Å². The van der Waals surface area contributed by atoms with Crippen molar-refractivity contribution in [2.24, 2.45) is 5.41 Å². The lowest BCUT2D eigenvalue weighted by atomic mass is 9.96. The van der Waals surface area contributed by atoms with E-state index in [1.54, 1.807) is 18.2 Å². The predicted molar refractivity (Wildman–Crippen MR) is 52.4 cm³/mol. The van der Waals surface area contributed by atoms with Gasteiger partial charge in [0.1, 0.15) is 11.2 Å². The summed E-state index contributed by atoms with van der Waals surface area (Å²) in [4.78, 5) is 11.7. The van der Waals surface area contributed by atoms with Gasteiger partial charge in [-0.1, -0.05) is 18.2 Å². The first kappa shape index (κ1) is 9.85. The molecule has 0 amide bonds. The summed E-state index contributed by atoms with van der Waals surface area (Å²) in [6.45, 7) is 0. The summed E-state index contributed by atoms with van der Waals surface area (Å²) in [5, 5.41) is 8.81. The maximum absolute atomic E-state index is 13.2. The van der Waals surface area contributed by atoms with Crippen LogP contribution < -0.4 is 0 Å². The average molecular weight is 203 g/mol. The molecule has 1 aromatic carbocycles. The van der Waals surface area contributed by atoms with Crippen molar-refractivity contribution in [3.8, 4) is 6.07 Å². The number of carbonyl (C=O) groups is 1. The number of Topliss-reactive ketones (excluding diaryl/α,β-unsaturated/α-hetero) is 1. The van der Waals surface area contributed by atoms with Crippen molar-refractivity contribution < 1.29 is 9.18 Å². The van der Waals surface area contributed by atoms with Crippen molar-refractivity contribution in [1.82, 2.24) is 0 Å². The fourth-order valence-electron chi connectivity index (χ4n) is 1.56. The molecule has 1 aromatic rings. The highest BCUT2D eigenvalue weighted by atomic mass is 19.1. The molecule has 0 bridgehead atoms. The number of ketones is 1. The third-order valence-electron chi connectivity index (χ3n) is 2.81. The maximum Gasteiger partial charge on any atom is 0.157 e. The summed E-state index contributed by atoms with van der Waals surface area (Å²) in [7, 11) is 0. The van der Waals surface area contributed by atoms with Gasteiger partial charge in [-0.25, -0.2) is 4.39 Å². The van der Waals surface area contributed by atoms with Gasteiger partial charge in [0, 0.05) is 6.42 Å². The van der Waals surface area contributed by atoms with E-state index < -0.39 is 5.41 Å². The lowest BCUT2D eigenvalue weighted by Crippen LogP contribution is -2.16. The highest BCUT2D eigenvalue weighted by Crippen LogP contribution is 2.46. The van der Waals surface area contributed by atoms with E-state index in [2.05, 4.69) is 0 Å². The highest BCUT2D eigenvalue weighted by Gasteiger charge is 2.49. The van der Waals surface area contributed by atoms with Crippen LogP contribution in [0.2, 0.25) is 0 Å². The number of nitrogens with zero attached hydrogens (tertiary/aromatic N) is 1. The summed E-state index contributed by atoms with van der Waals surface area (Å²) in [5.74, 6) is -0.533. The van der Waals surface area contributed by atoms with Gasteiger partial charge in [0.05, 0.1) is 6.07 Å². The first-order valence-electron chi connectivity index (χ1n) is 4.86. The van der Waals surface area contributed by atoms with Crippen molar-refractivity contribution in [3.05, 3.63) is 35.6 Å². The van der Waals surface area contributed by atoms with Crippen LogP contribution >= 0.6 is 0 Å². The Labute approximate surface area is 87.3 Å². The molecular formula is C12H10FNO. The zero-order chi connectivity index (χ0) is 10.9. The fraction of sp³-hybridized carbons (Fsp3) is 0.333. The molecule has 2 rings (SSSR count).